The zero-order valence-electron chi connectivity index (χ0n) is 12.5. The highest BCUT2D eigenvalue weighted by Gasteiger charge is 2.50. The van der Waals surface area contributed by atoms with Crippen molar-refractivity contribution < 1.29 is 24.2 Å². The van der Waals surface area contributed by atoms with Gasteiger partial charge in [0.2, 0.25) is 0 Å². The van der Waals surface area contributed by atoms with Crippen molar-refractivity contribution in [2.24, 2.45) is 0 Å². The van der Waals surface area contributed by atoms with Crippen LogP contribution in [0.3, 0.4) is 0 Å². The molecule has 1 fully saturated rings. The first-order valence-electron chi connectivity index (χ1n) is 6.84. The normalized spacial score (nSPS) is 21.0. The molecule has 0 radical (unpaired) electrons. The maximum atomic E-state index is 12.7. The number of hydrogen-bond acceptors (Lipinski definition) is 4. The minimum atomic E-state index is -1.32. The van der Waals surface area contributed by atoms with E-state index in [0.29, 0.717) is 35.7 Å². The van der Waals surface area contributed by atoms with Crippen molar-refractivity contribution in [1.82, 2.24) is 4.90 Å². The lowest BCUT2D eigenvalue weighted by Crippen LogP contribution is -2.56. The summed E-state index contributed by atoms with van der Waals surface area (Å²) >= 11 is 5.95. The van der Waals surface area contributed by atoms with E-state index < -0.39 is 11.5 Å². The van der Waals surface area contributed by atoms with E-state index in [4.69, 9.17) is 21.1 Å². The highest BCUT2D eigenvalue weighted by atomic mass is 35.5. The standard InChI is InChI=1S/C15H18ClNO5/c1-21-9-15(14(19)20)6-3-7-17(15)13(18)10-4-5-11(16)12(8-10)22-2/h4-5,8H,3,6-7,9H2,1-2H3,(H,19,20). The second kappa shape index (κ2) is 6.54. The Balaban J connectivity index is 2.37. The molecule has 1 amide bonds. The number of benzene rings is 1. The Bertz CT molecular complexity index is 591. The predicted molar refractivity (Wildman–Crippen MR) is 80.5 cm³/mol. The number of ether oxygens (including phenoxy) is 2. The van der Waals surface area contributed by atoms with Gasteiger partial charge in [-0.15, -0.1) is 0 Å². The monoisotopic (exact) mass is 327 g/mol. The molecule has 1 aliphatic rings. The third-order valence-corrected chi connectivity index (χ3v) is 4.23. The summed E-state index contributed by atoms with van der Waals surface area (Å²) in [6.45, 7) is 0.332. The van der Waals surface area contributed by atoms with Crippen LogP contribution in [0.25, 0.3) is 0 Å². The lowest BCUT2D eigenvalue weighted by molar-refractivity contribution is -0.151. The minimum absolute atomic E-state index is 0.0429. The van der Waals surface area contributed by atoms with Gasteiger partial charge in [-0.25, -0.2) is 4.79 Å². The van der Waals surface area contributed by atoms with E-state index in [1.807, 2.05) is 0 Å². The van der Waals surface area contributed by atoms with Crippen molar-refractivity contribution in [2.75, 3.05) is 27.4 Å². The summed E-state index contributed by atoms with van der Waals surface area (Å²) in [5.41, 5.74) is -0.983. The van der Waals surface area contributed by atoms with Crippen molar-refractivity contribution in [3.63, 3.8) is 0 Å². The maximum absolute atomic E-state index is 12.7. The smallest absolute Gasteiger partial charge is 0.332 e. The topological polar surface area (TPSA) is 76.1 Å². The highest BCUT2D eigenvalue weighted by Crippen LogP contribution is 2.33. The third kappa shape index (κ3) is 2.76. The fourth-order valence-corrected chi connectivity index (χ4v) is 2.99. The average molecular weight is 328 g/mol. The summed E-state index contributed by atoms with van der Waals surface area (Å²) in [6.07, 6.45) is 0.985. The Kier molecular flexibility index (Phi) is 4.93. The zero-order chi connectivity index (χ0) is 16.3. The van der Waals surface area contributed by atoms with E-state index in [9.17, 15) is 14.7 Å². The number of rotatable bonds is 5. The summed E-state index contributed by atoms with van der Waals surface area (Å²) in [5, 5.41) is 9.98. The Morgan fingerprint density at radius 1 is 1.41 bits per heavy atom. The van der Waals surface area contributed by atoms with E-state index in [0.717, 1.165) is 0 Å². The fraction of sp³-hybridized carbons (Fsp3) is 0.467. The van der Waals surface area contributed by atoms with Crippen LogP contribution < -0.4 is 4.74 Å². The van der Waals surface area contributed by atoms with E-state index >= 15 is 0 Å². The largest absolute Gasteiger partial charge is 0.495 e. The Morgan fingerprint density at radius 2 is 2.14 bits per heavy atom. The van der Waals surface area contributed by atoms with Crippen molar-refractivity contribution in [2.45, 2.75) is 18.4 Å². The second-order valence-corrected chi connectivity index (χ2v) is 5.59. The number of methoxy groups -OCH3 is 2. The molecule has 7 heteroatoms. The van der Waals surface area contributed by atoms with Gasteiger partial charge in [0.1, 0.15) is 5.75 Å². The summed E-state index contributed by atoms with van der Waals surface area (Å²) in [6, 6.07) is 4.63. The molecule has 120 valence electrons. The molecule has 1 N–H and O–H groups in total. The van der Waals surface area contributed by atoms with Crippen LogP contribution in [0.2, 0.25) is 5.02 Å². The van der Waals surface area contributed by atoms with E-state index in [1.54, 1.807) is 12.1 Å². The van der Waals surface area contributed by atoms with E-state index in [2.05, 4.69) is 0 Å². The number of aliphatic carboxylic acids is 1. The number of nitrogens with zero attached hydrogens (tertiary/aromatic N) is 1. The number of carbonyl (C=O) groups is 2. The number of carboxylic acid groups (broad SMARTS) is 1. The maximum Gasteiger partial charge on any atom is 0.332 e. The molecule has 0 saturated carbocycles. The van der Waals surface area contributed by atoms with Gasteiger partial charge < -0.3 is 19.5 Å². The number of likely N-dealkylation sites (tertiary alicyclic amines) is 1. The Labute approximate surface area is 133 Å². The summed E-state index contributed by atoms with van der Waals surface area (Å²) in [5.74, 6) is -1.05. The van der Waals surface area contributed by atoms with Crippen LogP contribution in [-0.4, -0.2) is 54.8 Å². The number of amides is 1. The van der Waals surface area contributed by atoms with Gasteiger partial charge in [0.25, 0.3) is 5.91 Å². The van der Waals surface area contributed by atoms with Gasteiger partial charge in [0.05, 0.1) is 18.7 Å². The molecule has 0 spiro atoms. The molecule has 1 aromatic carbocycles. The molecular formula is C15H18ClNO5. The first kappa shape index (κ1) is 16.6. The number of hydrogen-bond donors (Lipinski definition) is 1. The predicted octanol–water partition coefficient (Wildman–Crippen LogP) is 2.05. The number of carbonyl (C=O) groups excluding carboxylic acids is 1. The Hall–Kier alpha value is -1.79. The number of carboxylic acids is 1. The van der Waals surface area contributed by atoms with Crippen molar-refractivity contribution in [3.05, 3.63) is 28.8 Å². The molecule has 6 nitrogen and oxygen atoms in total. The summed E-state index contributed by atoms with van der Waals surface area (Å²) < 4.78 is 10.2. The molecule has 1 atom stereocenters. The third-order valence-electron chi connectivity index (χ3n) is 3.91. The van der Waals surface area contributed by atoms with Crippen LogP contribution in [0.1, 0.15) is 23.2 Å². The average Bonchev–Trinajstić information content (AvgIpc) is 2.92. The molecule has 0 bridgehead atoms. The minimum Gasteiger partial charge on any atom is -0.495 e. The zero-order valence-corrected chi connectivity index (χ0v) is 13.2. The molecule has 1 saturated heterocycles. The van der Waals surface area contributed by atoms with Crippen LogP contribution in [0, 0.1) is 0 Å². The fourth-order valence-electron chi connectivity index (χ4n) is 2.80. The molecule has 22 heavy (non-hydrogen) atoms. The molecule has 1 heterocycles. The molecule has 0 aliphatic carbocycles. The molecule has 0 aromatic heterocycles. The first-order chi connectivity index (χ1) is 10.5. The van der Waals surface area contributed by atoms with E-state index in [1.165, 1.54) is 25.2 Å². The molecule has 2 rings (SSSR count). The van der Waals surface area contributed by atoms with Crippen LogP contribution in [0.5, 0.6) is 5.75 Å². The van der Waals surface area contributed by atoms with Crippen LogP contribution in [-0.2, 0) is 9.53 Å². The van der Waals surface area contributed by atoms with E-state index in [-0.39, 0.29) is 12.5 Å². The van der Waals surface area contributed by atoms with Gasteiger partial charge in [-0.1, -0.05) is 11.6 Å². The van der Waals surface area contributed by atoms with Gasteiger partial charge in [0, 0.05) is 19.2 Å². The van der Waals surface area contributed by atoms with Gasteiger partial charge >= 0.3 is 5.97 Å². The number of halogens is 1. The van der Waals surface area contributed by atoms with Crippen molar-refractivity contribution >= 4 is 23.5 Å². The van der Waals surface area contributed by atoms with Crippen LogP contribution in [0.15, 0.2) is 18.2 Å². The van der Waals surface area contributed by atoms with Gasteiger partial charge in [-0.3, -0.25) is 4.79 Å². The van der Waals surface area contributed by atoms with Crippen molar-refractivity contribution in [3.8, 4) is 5.75 Å². The van der Waals surface area contributed by atoms with Crippen LogP contribution >= 0.6 is 11.6 Å². The SMILES string of the molecule is COCC1(C(=O)O)CCCN1C(=O)c1ccc(Cl)c(OC)c1. The molecule has 1 aromatic rings. The molecule has 1 unspecified atom stereocenters. The van der Waals surface area contributed by atoms with Gasteiger partial charge in [0.15, 0.2) is 5.54 Å². The summed E-state index contributed by atoms with van der Waals surface area (Å²) in [7, 11) is 2.88. The van der Waals surface area contributed by atoms with Gasteiger partial charge in [-0.2, -0.15) is 0 Å². The lowest BCUT2D eigenvalue weighted by atomic mass is 9.96. The molecule has 1 aliphatic heterocycles. The quantitative estimate of drug-likeness (QED) is 0.895. The second-order valence-electron chi connectivity index (χ2n) is 5.18. The van der Waals surface area contributed by atoms with Gasteiger partial charge in [-0.05, 0) is 31.0 Å². The summed E-state index contributed by atoms with van der Waals surface area (Å²) in [4.78, 5) is 25.8. The van der Waals surface area contributed by atoms with Crippen molar-refractivity contribution in [1.29, 1.82) is 0 Å². The highest BCUT2D eigenvalue weighted by molar-refractivity contribution is 6.32. The lowest BCUT2D eigenvalue weighted by Gasteiger charge is -2.34. The Morgan fingerprint density at radius 3 is 2.73 bits per heavy atom. The molecular weight excluding hydrogens is 310 g/mol. The van der Waals surface area contributed by atoms with Crippen LogP contribution in [0.4, 0.5) is 0 Å². The first-order valence-corrected chi connectivity index (χ1v) is 7.22.